The first-order valence-corrected chi connectivity index (χ1v) is 8.15. The van der Waals surface area contributed by atoms with Crippen molar-refractivity contribution in [2.24, 2.45) is 5.92 Å². The molecule has 7 heteroatoms. The minimum absolute atomic E-state index is 0.0190. The number of carbonyl (C=O) groups excluding carboxylic acids is 1. The quantitative estimate of drug-likeness (QED) is 0.494. The molecule has 1 aromatic rings. The molecule has 0 aromatic heterocycles. The lowest BCUT2D eigenvalue weighted by molar-refractivity contribution is -0.387. The average Bonchev–Trinajstić information content (AvgIpc) is 2.52. The molecule has 1 heterocycles. The van der Waals surface area contributed by atoms with Crippen molar-refractivity contribution in [2.45, 2.75) is 17.7 Å². The fraction of sp³-hybridized carbons (Fsp3) is 0.500. The molecule has 0 aliphatic carbocycles. The van der Waals surface area contributed by atoms with Gasteiger partial charge in [0.15, 0.2) is 0 Å². The first-order chi connectivity index (χ1) is 10.1. The predicted molar refractivity (Wildman–Crippen MR) is 82.8 cm³/mol. The van der Waals surface area contributed by atoms with Crippen LogP contribution < -0.4 is 10.6 Å². The van der Waals surface area contributed by atoms with Gasteiger partial charge in [0.1, 0.15) is 0 Å². The number of benzene rings is 1. The zero-order chi connectivity index (χ0) is 15.2. The van der Waals surface area contributed by atoms with Crippen LogP contribution in [0.15, 0.2) is 23.1 Å². The summed E-state index contributed by atoms with van der Waals surface area (Å²) in [6.45, 7) is 2.54. The van der Waals surface area contributed by atoms with Crippen molar-refractivity contribution in [1.82, 2.24) is 10.6 Å². The number of nitro groups is 1. The summed E-state index contributed by atoms with van der Waals surface area (Å²) in [6, 6.07) is 4.60. The lowest BCUT2D eigenvalue weighted by atomic mass is 9.99. The Balaban J connectivity index is 2.01. The van der Waals surface area contributed by atoms with Crippen molar-refractivity contribution in [1.29, 1.82) is 0 Å². The summed E-state index contributed by atoms with van der Waals surface area (Å²) < 4.78 is 0. The summed E-state index contributed by atoms with van der Waals surface area (Å²) in [7, 11) is 0. The van der Waals surface area contributed by atoms with Crippen molar-refractivity contribution in [3.63, 3.8) is 0 Å². The van der Waals surface area contributed by atoms with Crippen LogP contribution in [-0.2, 0) is 0 Å². The van der Waals surface area contributed by atoms with Crippen molar-refractivity contribution in [2.75, 3.05) is 25.9 Å². The second-order valence-corrected chi connectivity index (χ2v) is 5.91. The van der Waals surface area contributed by atoms with Crippen LogP contribution in [0.25, 0.3) is 0 Å². The van der Waals surface area contributed by atoms with Gasteiger partial charge in [-0.15, -0.1) is 11.8 Å². The summed E-state index contributed by atoms with van der Waals surface area (Å²) >= 11 is 1.30. The van der Waals surface area contributed by atoms with Crippen LogP contribution in [0.5, 0.6) is 0 Å². The van der Waals surface area contributed by atoms with Gasteiger partial charge in [0.05, 0.1) is 9.82 Å². The van der Waals surface area contributed by atoms with Gasteiger partial charge in [-0.1, -0.05) is 0 Å². The Bertz CT molecular complexity index is 530. The number of nitro benzene ring substituents is 1. The minimum Gasteiger partial charge on any atom is -0.352 e. The SMILES string of the molecule is CSc1ccc(C(=O)NCC2CCCNC2)cc1[N+](=O)[O-]. The Kier molecular flexibility index (Phi) is 5.58. The Morgan fingerprint density at radius 2 is 2.38 bits per heavy atom. The number of carbonyl (C=O) groups is 1. The fourth-order valence-electron chi connectivity index (χ4n) is 2.41. The zero-order valence-corrected chi connectivity index (χ0v) is 12.7. The fourth-order valence-corrected chi connectivity index (χ4v) is 2.96. The molecule has 0 spiro atoms. The Morgan fingerprint density at radius 1 is 1.57 bits per heavy atom. The maximum atomic E-state index is 12.1. The molecule has 2 rings (SSSR count). The molecule has 1 aliphatic rings. The van der Waals surface area contributed by atoms with Crippen LogP contribution >= 0.6 is 11.8 Å². The molecule has 0 saturated carbocycles. The lowest BCUT2D eigenvalue weighted by Crippen LogP contribution is -2.38. The molecule has 0 bridgehead atoms. The molecule has 6 nitrogen and oxygen atoms in total. The maximum Gasteiger partial charge on any atom is 0.283 e. The molecule has 1 amide bonds. The molecule has 1 saturated heterocycles. The molecule has 1 aliphatic heterocycles. The van der Waals surface area contributed by atoms with Crippen molar-refractivity contribution >= 4 is 23.4 Å². The summed E-state index contributed by atoms with van der Waals surface area (Å²) in [5.74, 6) is 0.180. The van der Waals surface area contributed by atoms with Gasteiger partial charge in [-0.3, -0.25) is 14.9 Å². The first-order valence-electron chi connectivity index (χ1n) is 6.93. The normalized spacial score (nSPS) is 18.2. The van der Waals surface area contributed by atoms with Crippen molar-refractivity contribution in [3.8, 4) is 0 Å². The van der Waals surface area contributed by atoms with E-state index in [4.69, 9.17) is 0 Å². The van der Waals surface area contributed by atoms with E-state index in [9.17, 15) is 14.9 Å². The number of nitrogens with one attached hydrogen (secondary N) is 2. The van der Waals surface area contributed by atoms with E-state index in [1.54, 1.807) is 18.4 Å². The van der Waals surface area contributed by atoms with E-state index < -0.39 is 4.92 Å². The highest BCUT2D eigenvalue weighted by atomic mass is 32.2. The molecule has 1 fully saturated rings. The summed E-state index contributed by atoms with van der Waals surface area (Å²) in [6.07, 6.45) is 3.99. The third kappa shape index (κ3) is 4.18. The van der Waals surface area contributed by atoms with Gasteiger partial charge >= 0.3 is 0 Å². The summed E-state index contributed by atoms with van der Waals surface area (Å²) in [5.41, 5.74) is 0.317. The standard InChI is InChI=1S/C14H19N3O3S/c1-21-13-5-4-11(7-12(13)17(19)20)14(18)16-9-10-3-2-6-15-8-10/h4-5,7,10,15H,2-3,6,8-9H2,1H3,(H,16,18). The number of amides is 1. The topological polar surface area (TPSA) is 84.3 Å². The number of thioether (sulfide) groups is 1. The van der Waals surface area contributed by atoms with Crippen LogP contribution in [0, 0.1) is 16.0 Å². The Morgan fingerprint density at radius 3 is 3.00 bits per heavy atom. The van der Waals surface area contributed by atoms with Gasteiger partial charge in [0.25, 0.3) is 11.6 Å². The first kappa shape index (κ1) is 15.8. The number of rotatable bonds is 5. The minimum atomic E-state index is -0.451. The smallest absolute Gasteiger partial charge is 0.283 e. The molecule has 1 unspecified atom stereocenters. The number of hydrogen-bond donors (Lipinski definition) is 2. The molecule has 1 atom stereocenters. The summed E-state index contributed by atoms with van der Waals surface area (Å²) in [5, 5.41) is 17.2. The Hall–Kier alpha value is -1.60. The lowest BCUT2D eigenvalue weighted by Gasteiger charge is -2.22. The van der Waals surface area contributed by atoms with E-state index in [0.717, 1.165) is 25.9 Å². The van der Waals surface area contributed by atoms with Gasteiger partial charge in [-0.25, -0.2) is 0 Å². The zero-order valence-electron chi connectivity index (χ0n) is 11.9. The third-order valence-corrected chi connectivity index (χ3v) is 4.37. The molecule has 0 radical (unpaired) electrons. The van der Waals surface area contributed by atoms with Gasteiger partial charge in [-0.2, -0.15) is 0 Å². The Labute approximate surface area is 127 Å². The van der Waals surface area contributed by atoms with E-state index in [1.165, 1.54) is 17.8 Å². The highest BCUT2D eigenvalue weighted by Gasteiger charge is 2.18. The number of piperidine rings is 1. The van der Waals surface area contributed by atoms with E-state index in [-0.39, 0.29) is 11.6 Å². The molecular weight excluding hydrogens is 290 g/mol. The highest BCUT2D eigenvalue weighted by Crippen LogP contribution is 2.28. The summed E-state index contributed by atoms with van der Waals surface area (Å²) in [4.78, 5) is 23.2. The van der Waals surface area contributed by atoms with Crippen molar-refractivity contribution < 1.29 is 9.72 Å². The van der Waals surface area contributed by atoms with Crippen LogP contribution in [-0.4, -0.2) is 36.7 Å². The average molecular weight is 309 g/mol. The van der Waals surface area contributed by atoms with Crippen LogP contribution in [0.1, 0.15) is 23.2 Å². The van der Waals surface area contributed by atoms with Gasteiger partial charge in [-0.05, 0) is 50.2 Å². The second kappa shape index (κ2) is 7.42. The molecule has 114 valence electrons. The molecular formula is C14H19N3O3S. The number of nitrogens with zero attached hydrogens (tertiary/aromatic N) is 1. The van der Waals surface area contributed by atoms with E-state index in [0.29, 0.717) is 22.9 Å². The monoisotopic (exact) mass is 309 g/mol. The van der Waals surface area contributed by atoms with Crippen LogP contribution in [0.3, 0.4) is 0 Å². The van der Waals surface area contributed by atoms with E-state index in [2.05, 4.69) is 10.6 Å². The van der Waals surface area contributed by atoms with E-state index >= 15 is 0 Å². The molecule has 1 aromatic carbocycles. The van der Waals surface area contributed by atoms with Gasteiger partial charge in [0, 0.05) is 18.2 Å². The highest BCUT2D eigenvalue weighted by molar-refractivity contribution is 7.98. The van der Waals surface area contributed by atoms with Crippen LogP contribution in [0.2, 0.25) is 0 Å². The van der Waals surface area contributed by atoms with Crippen LogP contribution in [0.4, 0.5) is 5.69 Å². The number of hydrogen-bond acceptors (Lipinski definition) is 5. The third-order valence-electron chi connectivity index (χ3n) is 3.59. The largest absolute Gasteiger partial charge is 0.352 e. The maximum absolute atomic E-state index is 12.1. The molecule has 2 N–H and O–H groups in total. The van der Waals surface area contributed by atoms with Gasteiger partial charge in [0.2, 0.25) is 0 Å². The van der Waals surface area contributed by atoms with Gasteiger partial charge < -0.3 is 10.6 Å². The molecule has 21 heavy (non-hydrogen) atoms. The van der Waals surface area contributed by atoms with E-state index in [1.807, 2.05) is 0 Å². The predicted octanol–water partition coefficient (Wildman–Crippen LogP) is 2.05. The van der Waals surface area contributed by atoms with Crippen molar-refractivity contribution in [3.05, 3.63) is 33.9 Å². The second-order valence-electron chi connectivity index (χ2n) is 5.07.